The van der Waals surface area contributed by atoms with Crippen LogP contribution in [0.3, 0.4) is 0 Å². The second-order valence-corrected chi connectivity index (χ2v) is 13.3. The monoisotopic (exact) mass is 542 g/mol. The molecule has 0 atom stereocenters. The number of rotatable bonds is 0. The lowest BCUT2D eigenvalue weighted by molar-refractivity contribution is 0.661. The molecule has 0 bridgehead atoms. The average molecular weight is 543 g/mol. The van der Waals surface area contributed by atoms with E-state index in [1.54, 1.807) is 0 Å². The third-order valence-corrected chi connectivity index (χ3v) is 10.9. The summed E-state index contributed by atoms with van der Waals surface area (Å²) in [5.74, 6) is 0. The zero-order chi connectivity index (χ0) is 28.2. The van der Waals surface area contributed by atoms with E-state index in [0.717, 1.165) is 0 Å². The molecular formula is C43H26. The molecule has 0 unspecified atom stereocenters. The molecule has 0 heterocycles. The quantitative estimate of drug-likeness (QED) is 0.167. The van der Waals surface area contributed by atoms with Gasteiger partial charge in [-0.05, 0) is 145 Å². The van der Waals surface area contributed by atoms with Crippen molar-refractivity contribution < 1.29 is 0 Å². The SMILES string of the molecule is CC1(C)c2ccccc2-c2cc3c(cc21)c1cc2c(cc4c5cc6ccccc6cc5c5cccc2c54)c2cccc3c21. The summed E-state index contributed by atoms with van der Waals surface area (Å²) in [5.41, 5.74) is 5.63. The topological polar surface area (TPSA) is 0 Å². The van der Waals surface area contributed by atoms with Crippen LogP contribution in [0.2, 0.25) is 0 Å². The van der Waals surface area contributed by atoms with Crippen molar-refractivity contribution in [3.8, 4) is 11.1 Å². The van der Waals surface area contributed by atoms with Gasteiger partial charge in [0.1, 0.15) is 0 Å². The molecule has 0 heteroatoms. The molecule has 0 radical (unpaired) electrons. The van der Waals surface area contributed by atoms with E-state index in [9.17, 15) is 0 Å². The molecule has 0 spiro atoms. The van der Waals surface area contributed by atoms with Gasteiger partial charge in [0, 0.05) is 5.41 Å². The van der Waals surface area contributed by atoms with E-state index in [2.05, 4.69) is 135 Å². The van der Waals surface area contributed by atoms with E-state index < -0.39 is 0 Å². The first-order chi connectivity index (χ1) is 21.1. The van der Waals surface area contributed by atoms with Gasteiger partial charge in [0.05, 0.1) is 0 Å². The summed E-state index contributed by atoms with van der Waals surface area (Å²) in [4.78, 5) is 0. The summed E-state index contributed by atoms with van der Waals surface area (Å²) in [7, 11) is 0. The number of fused-ring (bicyclic) bond motifs is 13. The maximum atomic E-state index is 2.52. The van der Waals surface area contributed by atoms with Crippen LogP contribution < -0.4 is 0 Å². The van der Waals surface area contributed by atoms with Gasteiger partial charge in [-0.2, -0.15) is 0 Å². The van der Waals surface area contributed by atoms with Crippen LogP contribution in [0.1, 0.15) is 25.0 Å². The smallest absolute Gasteiger partial charge is 0.0159 e. The van der Waals surface area contributed by atoms with Crippen molar-refractivity contribution >= 4 is 86.2 Å². The Morgan fingerprint density at radius 3 is 1.40 bits per heavy atom. The second kappa shape index (κ2) is 7.22. The van der Waals surface area contributed by atoms with Gasteiger partial charge in [0.25, 0.3) is 0 Å². The summed E-state index contributed by atoms with van der Waals surface area (Å²) < 4.78 is 0. The van der Waals surface area contributed by atoms with Crippen LogP contribution in [-0.4, -0.2) is 0 Å². The van der Waals surface area contributed by atoms with Crippen LogP contribution in [0.25, 0.3) is 97.3 Å². The van der Waals surface area contributed by atoms with Crippen molar-refractivity contribution in [3.05, 3.63) is 132 Å². The maximum Gasteiger partial charge on any atom is 0.0159 e. The fraction of sp³-hybridized carbons (Fsp3) is 0.0698. The molecule has 198 valence electrons. The van der Waals surface area contributed by atoms with Crippen LogP contribution >= 0.6 is 0 Å². The lowest BCUT2D eigenvalue weighted by Gasteiger charge is -2.21. The minimum Gasteiger partial charge on any atom is -0.0619 e. The molecule has 0 N–H and O–H groups in total. The van der Waals surface area contributed by atoms with E-state index in [1.807, 2.05) is 0 Å². The van der Waals surface area contributed by atoms with Crippen LogP contribution in [0.15, 0.2) is 121 Å². The van der Waals surface area contributed by atoms with Crippen LogP contribution in [0, 0.1) is 0 Å². The Morgan fingerprint density at radius 1 is 0.326 bits per heavy atom. The van der Waals surface area contributed by atoms with Gasteiger partial charge in [0.15, 0.2) is 0 Å². The molecule has 43 heavy (non-hydrogen) atoms. The van der Waals surface area contributed by atoms with Crippen LogP contribution in [-0.2, 0) is 5.41 Å². The van der Waals surface area contributed by atoms with Crippen molar-refractivity contribution in [3.63, 3.8) is 0 Å². The van der Waals surface area contributed by atoms with Gasteiger partial charge >= 0.3 is 0 Å². The second-order valence-electron chi connectivity index (χ2n) is 13.3. The van der Waals surface area contributed by atoms with Crippen LogP contribution in [0.5, 0.6) is 0 Å². The summed E-state index contributed by atoms with van der Waals surface area (Å²) in [6.07, 6.45) is 0. The molecule has 0 saturated heterocycles. The van der Waals surface area contributed by atoms with Gasteiger partial charge in [-0.3, -0.25) is 0 Å². The first kappa shape index (κ1) is 22.4. The number of hydrogen-bond donors (Lipinski definition) is 0. The number of benzene rings is 8. The van der Waals surface area contributed by atoms with Crippen molar-refractivity contribution in [1.82, 2.24) is 0 Å². The predicted molar refractivity (Wildman–Crippen MR) is 186 cm³/mol. The molecule has 1 aliphatic carbocycles. The Labute approximate surface area is 248 Å². The predicted octanol–water partition coefficient (Wildman–Crippen LogP) is 12.1. The zero-order valence-corrected chi connectivity index (χ0v) is 24.0. The largest absolute Gasteiger partial charge is 0.0619 e. The maximum absolute atomic E-state index is 2.52. The highest BCUT2D eigenvalue weighted by molar-refractivity contribution is 6.41. The van der Waals surface area contributed by atoms with Gasteiger partial charge in [-0.25, -0.2) is 0 Å². The third kappa shape index (κ3) is 2.53. The lowest BCUT2D eigenvalue weighted by atomic mass is 9.82. The zero-order valence-electron chi connectivity index (χ0n) is 24.0. The normalized spacial score (nSPS) is 14.5. The minimum atomic E-state index is -0.0176. The van der Waals surface area contributed by atoms with E-state index in [4.69, 9.17) is 0 Å². The van der Waals surface area contributed by atoms with Crippen molar-refractivity contribution in [2.75, 3.05) is 0 Å². The first-order valence-corrected chi connectivity index (χ1v) is 15.4. The van der Waals surface area contributed by atoms with E-state index in [0.29, 0.717) is 0 Å². The highest BCUT2D eigenvalue weighted by Gasteiger charge is 2.36. The Kier molecular flexibility index (Phi) is 3.76. The Morgan fingerprint density at radius 2 is 0.791 bits per heavy atom. The average Bonchev–Trinajstić information content (AvgIpc) is 3.61. The molecule has 0 nitrogen and oxygen atoms in total. The highest BCUT2D eigenvalue weighted by Crippen LogP contribution is 2.53. The number of hydrogen-bond acceptors (Lipinski definition) is 0. The molecule has 0 aromatic heterocycles. The van der Waals surface area contributed by atoms with E-state index in [-0.39, 0.29) is 5.41 Å². The molecule has 0 fully saturated rings. The molecule has 0 aliphatic heterocycles. The Balaban J connectivity index is 1.34. The fourth-order valence-corrected chi connectivity index (χ4v) is 8.92. The van der Waals surface area contributed by atoms with Gasteiger partial charge in [0.2, 0.25) is 0 Å². The van der Waals surface area contributed by atoms with E-state index >= 15 is 0 Å². The first-order valence-electron chi connectivity index (χ1n) is 15.4. The highest BCUT2D eigenvalue weighted by atomic mass is 14.4. The molecule has 1 aliphatic rings. The third-order valence-electron chi connectivity index (χ3n) is 10.9. The summed E-state index contributed by atoms with van der Waals surface area (Å²) >= 11 is 0. The lowest BCUT2D eigenvalue weighted by Crippen LogP contribution is -2.14. The van der Waals surface area contributed by atoms with Crippen molar-refractivity contribution in [1.29, 1.82) is 0 Å². The summed E-state index contributed by atoms with van der Waals surface area (Å²) in [5, 5.41) is 21.8. The molecule has 10 aromatic carbocycles. The molecular weight excluding hydrogens is 516 g/mol. The molecule has 0 amide bonds. The van der Waals surface area contributed by atoms with Crippen molar-refractivity contribution in [2.45, 2.75) is 19.3 Å². The fourth-order valence-electron chi connectivity index (χ4n) is 8.92. The summed E-state index contributed by atoms with van der Waals surface area (Å²) in [6, 6.07) is 46.4. The van der Waals surface area contributed by atoms with E-state index in [1.165, 1.54) is 108 Å². The standard InChI is InChI=1S/C43H26/c1-43(2)39-16-6-5-11-25(39)36-19-32-27-13-8-15-29-33-20-37-31-18-24-10-4-3-9-23(24)17-30(31)26-12-7-14-28(41(26)37)34(33)21-38(42(27)29)35(32)22-40(36)43/h3-22H,1-2H3. The molecule has 10 aromatic rings. The van der Waals surface area contributed by atoms with Gasteiger partial charge in [-0.1, -0.05) is 98.8 Å². The Hall–Kier alpha value is -5.20. The van der Waals surface area contributed by atoms with Crippen LogP contribution in [0.4, 0.5) is 0 Å². The molecule has 11 rings (SSSR count). The Bertz CT molecular complexity index is 2850. The minimum absolute atomic E-state index is 0.0176. The van der Waals surface area contributed by atoms with Gasteiger partial charge in [-0.15, -0.1) is 0 Å². The van der Waals surface area contributed by atoms with Gasteiger partial charge < -0.3 is 0 Å². The summed E-state index contributed by atoms with van der Waals surface area (Å²) in [6.45, 7) is 4.77. The van der Waals surface area contributed by atoms with Crippen molar-refractivity contribution in [2.24, 2.45) is 0 Å². The molecule has 0 saturated carbocycles.